The highest BCUT2D eigenvalue weighted by Gasteiger charge is 2.17. The number of nitrogens with zero attached hydrogens (tertiary/aromatic N) is 1. The number of hydrogen-bond acceptors (Lipinski definition) is 3. The maximum atomic E-state index is 13.1. The number of aryl methyl sites for hydroxylation is 1. The summed E-state index contributed by atoms with van der Waals surface area (Å²) in [4.78, 5) is 17.7. The lowest BCUT2D eigenvalue weighted by molar-refractivity contribution is 0.0941. The molecule has 0 unspecified atom stereocenters. The Morgan fingerprint density at radius 3 is 2.48 bits per heavy atom. The lowest BCUT2D eigenvalue weighted by Gasteiger charge is -2.15. The second kappa shape index (κ2) is 7.08. The topological polar surface area (TPSA) is 55.1 Å². The van der Waals surface area contributed by atoms with E-state index in [4.69, 9.17) is 4.42 Å². The van der Waals surface area contributed by atoms with Crippen LogP contribution in [0.15, 0.2) is 77.2 Å². The molecule has 134 valence electrons. The fourth-order valence-electron chi connectivity index (χ4n) is 3.16. The SMILES string of the molecule is Cc1ccc(-c2cc(C(=O)N[C@@H](C)c3ccccc3)c3ccccc3n2)o1. The number of amides is 1. The summed E-state index contributed by atoms with van der Waals surface area (Å²) in [6.45, 7) is 3.87. The van der Waals surface area contributed by atoms with E-state index >= 15 is 0 Å². The summed E-state index contributed by atoms with van der Waals surface area (Å²) in [5.74, 6) is 1.33. The third-order valence-corrected chi connectivity index (χ3v) is 4.60. The maximum absolute atomic E-state index is 13.1. The van der Waals surface area contributed by atoms with Gasteiger partial charge in [0.1, 0.15) is 11.5 Å². The van der Waals surface area contributed by atoms with Crippen LogP contribution in [0.1, 0.15) is 34.6 Å². The predicted molar refractivity (Wildman–Crippen MR) is 107 cm³/mol. The first-order valence-corrected chi connectivity index (χ1v) is 8.94. The molecule has 4 rings (SSSR count). The monoisotopic (exact) mass is 356 g/mol. The molecule has 1 atom stereocenters. The molecule has 4 heteroatoms. The molecular formula is C23H20N2O2. The number of benzene rings is 2. The molecule has 0 aliphatic carbocycles. The van der Waals surface area contributed by atoms with Crippen LogP contribution in [0.2, 0.25) is 0 Å². The maximum Gasteiger partial charge on any atom is 0.252 e. The van der Waals surface area contributed by atoms with Crippen molar-refractivity contribution in [2.24, 2.45) is 0 Å². The molecule has 0 aliphatic heterocycles. The molecule has 0 bridgehead atoms. The van der Waals surface area contributed by atoms with Crippen molar-refractivity contribution in [3.8, 4) is 11.5 Å². The molecule has 4 aromatic rings. The molecule has 0 fully saturated rings. The summed E-state index contributed by atoms with van der Waals surface area (Å²) in [7, 11) is 0. The van der Waals surface area contributed by atoms with Crippen molar-refractivity contribution in [1.82, 2.24) is 10.3 Å². The van der Waals surface area contributed by atoms with Gasteiger partial charge in [0, 0.05) is 5.39 Å². The first kappa shape index (κ1) is 17.0. The molecule has 2 aromatic heterocycles. The highest BCUT2D eigenvalue weighted by atomic mass is 16.3. The van der Waals surface area contributed by atoms with Crippen molar-refractivity contribution in [1.29, 1.82) is 0 Å². The Morgan fingerprint density at radius 2 is 1.74 bits per heavy atom. The number of aromatic nitrogens is 1. The Balaban J connectivity index is 1.74. The Kier molecular flexibility index (Phi) is 4.47. The van der Waals surface area contributed by atoms with Gasteiger partial charge in [-0.3, -0.25) is 4.79 Å². The molecule has 0 spiro atoms. The fraction of sp³-hybridized carbons (Fsp3) is 0.130. The standard InChI is InChI=1S/C23H20N2O2/c1-15-12-13-22(27-15)21-14-19(18-10-6-7-11-20(18)25-21)23(26)24-16(2)17-8-4-3-5-9-17/h3-14,16H,1-2H3,(H,24,26)/t16-/m0/s1. The summed E-state index contributed by atoms with van der Waals surface area (Å²) in [6, 6.07) is 23.0. The predicted octanol–water partition coefficient (Wildman–Crippen LogP) is 5.29. The number of pyridine rings is 1. The molecule has 1 amide bonds. The zero-order valence-electron chi connectivity index (χ0n) is 15.3. The van der Waals surface area contributed by atoms with Gasteiger partial charge in [-0.15, -0.1) is 0 Å². The summed E-state index contributed by atoms with van der Waals surface area (Å²) < 4.78 is 5.71. The molecule has 2 heterocycles. The number of carbonyl (C=O) groups is 1. The summed E-state index contributed by atoms with van der Waals surface area (Å²) in [5.41, 5.74) is 3.07. The Morgan fingerprint density at radius 1 is 1.00 bits per heavy atom. The largest absolute Gasteiger partial charge is 0.460 e. The molecule has 0 saturated heterocycles. The fourth-order valence-corrected chi connectivity index (χ4v) is 3.16. The summed E-state index contributed by atoms with van der Waals surface area (Å²) in [6.07, 6.45) is 0. The van der Waals surface area contributed by atoms with Crippen molar-refractivity contribution in [3.63, 3.8) is 0 Å². The van der Waals surface area contributed by atoms with Gasteiger partial charge in [-0.1, -0.05) is 48.5 Å². The number of hydrogen-bond donors (Lipinski definition) is 1. The number of para-hydroxylation sites is 1. The second-order valence-electron chi connectivity index (χ2n) is 6.59. The molecule has 0 radical (unpaired) electrons. The van der Waals surface area contributed by atoms with Gasteiger partial charge in [0.05, 0.1) is 17.1 Å². The van der Waals surface area contributed by atoms with E-state index in [2.05, 4.69) is 10.3 Å². The van der Waals surface area contributed by atoms with Gasteiger partial charge in [0.15, 0.2) is 5.76 Å². The van der Waals surface area contributed by atoms with Crippen molar-refractivity contribution in [2.45, 2.75) is 19.9 Å². The van der Waals surface area contributed by atoms with Gasteiger partial charge >= 0.3 is 0 Å². The number of furan rings is 1. The first-order valence-electron chi connectivity index (χ1n) is 8.94. The Labute approximate surface area is 157 Å². The van der Waals surface area contributed by atoms with E-state index < -0.39 is 0 Å². The average Bonchev–Trinajstić information content (AvgIpc) is 3.14. The second-order valence-corrected chi connectivity index (χ2v) is 6.59. The normalized spacial score (nSPS) is 12.1. The van der Waals surface area contributed by atoms with Crippen molar-refractivity contribution in [2.75, 3.05) is 0 Å². The molecule has 4 nitrogen and oxygen atoms in total. The highest BCUT2D eigenvalue weighted by molar-refractivity contribution is 6.07. The lowest BCUT2D eigenvalue weighted by Crippen LogP contribution is -2.27. The van der Waals surface area contributed by atoms with Gasteiger partial charge < -0.3 is 9.73 Å². The van der Waals surface area contributed by atoms with E-state index in [9.17, 15) is 4.79 Å². The lowest BCUT2D eigenvalue weighted by atomic mass is 10.0. The summed E-state index contributed by atoms with van der Waals surface area (Å²) in [5, 5.41) is 3.91. The zero-order valence-corrected chi connectivity index (χ0v) is 15.3. The van der Waals surface area contributed by atoms with E-state index in [-0.39, 0.29) is 11.9 Å². The number of rotatable bonds is 4. The van der Waals surface area contributed by atoms with Crippen molar-refractivity contribution < 1.29 is 9.21 Å². The van der Waals surface area contributed by atoms with Crippen LogP contribution in [-0.2, 0) is 0 Å². The minimum atomic E-state index is -0.130. The van der Waals surface area contributed by atoms with Gasteiger partial charge in [-0.05, 0) is 43.7 Å². The molecule has 2 aromatic carbocycles. The van der Waals surface area contributed by atoms with E-state index in [0.29, 0.717) is 17.0 Å². The van der Waals surface area contributed by atoms with Gasteiger partial charge in [0.2, 0.25) is 0 Å². The van der Waals surface area contributed by atoms with Crippen LogP contribution in [0.4, 0.5) is 0 Å². The Bertz CT molecular complexity index is 1100. The smallest absolute Gasteiger partial charge is 0.252 e. The van der Waals surface area contributed by atoms with Crippen LogP contribution in [0.3, 0.4) is 0 Å². The number of carbonyl (C=O) groups excluding carboxylic acids is 1. The van der Waals surface area contributed by atoms with Crippen LogP contribution < -0.4 is 5.32 Å². The van der Waals surface area contributed by atoms with E-state index in [1.165, 1.54) is 0 Å². The number of nitrogens with one attached hydrogen (secondary N) is 1. The molecule has 0 aliphatic rings. The van der Waals surface area contributed by atoms with Crippen LogP contribution in [0.25, 0.3) is 22.4 Å². The van der Waals surface area contributed by atoms with E-state index in [1.807, 2.05) is 80.6 Å². The number of fused-ring (bicyclic) bond motifs is 1. The molecule has 1 N–H and O–H groups in total. The summed E-state index contributed by atoms with van der Waals surface area (Å²) >= 11 is 0. The van der Waals surface area contributed by atoms with Gasteiger partial charge in [-0.25, -0.2) is 4.98 Å². The molecule has 27 heavy (non-hydrogen) atoms. The average molecular weight is 356 g/mol. The quantitative estimate of drug-likeness (QED) is 0.540. The van der Waals surface area contributed by atoms with Crippen molar-refractivity contribution in [3.05, 3.63) is 89.7 Å². The van der Waals surface area contributed by atoms with Crippen LogP contribution in [0.5, 0.6) is 0 Å². The minimum absolute atomic E-state index is 0.0973. The van der Waals surface area contributed by atoms with Crippen LogP contribution >= 0.6 is 0 Å². The molecular weight excluding hydrogens is 336 g/mol. The van der Waals surface area contributed by atoms with Gasteiger partial charge in [-0.2, -0.15) is 0 Å². The Hall–Kier alpha value is -3.40. The third-order valence-electron chi connectivity index (χ3n) is 4.60. The van der Waals surface area contributed by atoms with Crippen molar-refractivity contribution >= 4 is 16.8 Å². The van der Waals surface area contributed by atoms with Crippen LogP contribution in [0, 0.1) is 6.92 Å². The van der Waals surface area contributed by atoms with E-state index in [1.54, 1.807) is 6.07 Å². The van der Waals surface area contributed by atoms with Gasteiger partial charge in [0.25, 0.3) is 5.91 Å². The zero-order chi connectivity index (χ0) is 18.8. The molecule has 0 saturated carbocycles. The van der Waals surface area contributed by atoms with Crippen LogP contribution in [-0.4, -0.2) is 10.9 Å². The first-order chi connectivity index (χ1) is 13.1. The highest BCUT2D eigenvalue weighted by Crippen LogP contribution is 2.26. The third kappa shape index (κ3) is 3.47. The van der Waals surface area contributed by atoms with E-state index in [0.717, 1.165) is 22.2 Å². The minimum Gasteiger partial charge on any atom is -0.460 e.